The summed E-state index contributed by atoms with van der Waals surface area (Å²) in [6, 6.07) is 1.82. The fraction of sp³-hybridized carbons (Fsp3) is 0.250. The van der Waals surface area contributed by atoms with Gasteiger partial charge in [0.05, 0.1) is 18.7 Å². The second-order valence-corrected chi connectivity index (χ2v) is 2.52. The van der Waals surface area contributed by atoms with Crippen molar-refractivity contribution in [2.45, 2.75) is 0 Å². The van der Waals surface area contributed by atoms with Gasteiger partial charge in [-0.1, -0.05) is 0 Å². The molecular formula is C8H9N3O. The Morgan fingerprint density at radius 2 is 2.33 bits per heavy atom. The van der Waals surface area contributed by atoms with E-state index in [-0.39, 0.29) is 0 Å². The summed E-state index contributed by atoms with van der Waals surface area (Å²) < 4.78 is 6.87. The molecule has 0 saturated carbocycles. The molecule has 0 aliphatic heterocycles. The Balaban J connectivity index is 2.81. The third kappa shape index (κ3) is 0.845. The van der Waals surface area contributed by atoms with Crippen LogP contribution < -0.4 is 4.74 Å². The third-order valence-corrected chi connectivity index (χ3v) is 1.82. The normalized spacial score (nSPS) is 10.5. The van der Waals surface area contributed by atoms with E-state index in [0.717, 1.165) is 16.8 Å². The van der Waals surface area contributed by atoms with Crippen LogP contribution in [-0.4, -0.2) is 21.9 Å². The second kappa shape index (κ2) is 2.48. The monoisotopic (exact) mass is 163 g/mol. The Bertz CT molecular complexity index is 408. The molecule has 0 bridgehead atoms. The van der Waals surface area contributed by atoms with Crippen LogP contribution in [0, 0.1) is 0 Å². The van der Waals surface area contributed by atoms with Crippen molar-refractivity contribution in [2.24, 2.45) is 7.05 Å². The van der Waals surface area contributed by atoms with Gasteiger partial charge in [-0.2, -0.15) is 5.10 Å². The van der Waals surface area contributed by atoms with Crippen molar-refractivity contribution in [1.29, 1.82) is 0 Å². The lowest BCUT2D eigenvalue weighted by molar-refractivity contribution is 0.419. The minimum absolute atomic E-state index is 0.813. The molecule has 0 radical (unpaired) electrons. The fourth-order valence-corrected chi connectivity index (χ4v) is 1.20. The zero-order chi connectivity index (χ0) is 8.55. The van der Waals surface area contributed by atoms with Crippen molar-refractivity contribution in [3.05, 3.63) is 18.5 Å². The molecule has 0 aliphatic rings. The first kappa shape index (κ1) is 7.09. The summed E-state index contributed by atoms with van der Waals surface area (Å²) in [6.07, 6.45) is 3.46. The Kier molecular flexibility index (Phi) is 1.46. The highest BCUT2D eigenvalue weighted by Gasteiger charge is 2.04. The number of aryl methyl sites for hydroxylation is 1. The molecule has 0 saturated heterocycles. The average molecular weight is 163 g/mol. The summed E-state index contributed by atoms with van der Waals surface area (Å²) in [6.45, 7) is 0. The van der Waals surface area contributed by atoms with Crippen molar-refractivity contribution < 1.29 is 4.74 Å². The summed E-state index contributed by atoms with van der Waals surface area (Å²) >= 11 is 0. The van der Waals surface area contributed by atoms with Gasteiger partial charge < -0.3 is 4.74 Å². The largest absolute Gasteiger partial charge is 0.496 e. The van der Waals surface area contributed by atoms with Crippen LogP contribution in [0.1, 0.15) is 0 Å². The molecule has 0 fully saturated rings. The Morgan fingerprint density at radius 3 is 3.08 bits per heavy atom. The van der Waals surface area contributed by atoms with Crippen molar-refractivity contribution in [3.8, 4) is 5.75 Å². The molecule has 0 atom stereocenters. The van der Waals surface area contributed by atoms with Gasteiger partial charge in [0, 0.05) is 13.2 Å². The quantitative estimate of drug-likeness (QED) is 0.629. The number of hydrogen-bond acceptors (Lipinski definition) is 3. The molecule has 62 valence electrons. The van der Waals surface area contributed by atoms with E-state index in [1.165, 1.54) is 0 Å². The molecule has 4 nitrogen and oxygen atoms in total. The Morgan fingerprint density at radius 1 is 1.50 bits per heavy atom. The maximum atomic E-state index is 5.15. The van der Waals surface area contributed by atoms with Crippen LogP contribution in [0.3, 0.4) is 0 Å². The van der Waals surface area contributed by atoms with E-state index in [1.54, 1.807) is 24.2 Å². The van der Waals surface area contributed by atoms with Gasteiger partial charge in [-0.25, -0.2) is 4.98 Å². The lowest BCUT2D eigenvalue weighted by Gasteiger charge is -1.99. The van der Waals surface area contributed by atoms with Crippen molar-refractivity contribution >= 4 is 11.0 Å². The van der Waals surface area contributed by atoms with Gasteiger partial charge in [0.15, 0.2) is 5.65 Å². The minimum atomic E-state index is 0.813. The van der Waals surface area contributed by atoms with E-state index in [0.29, 0.717) is 0 Å². The average Bonchev–Trinajstić information content (AvgIpc) is 2.48. The molecule has 0 aromatic carbocycles. The topological polar surface area (TPSA) is 39.9 Å². The minimum Gasteiger partial charge on any atom is -0.496 e. The van der Waals surface area contributed by atoms with E-state index < -0.39 is 0 Å². The van der Waals surface area contributed by atoms with Crippen LogP contribution in [-0.2, 0) is 7.05 Å². The molecule has 2 aromatic rings. The van der Waals surface area contributed by atoms with E-state index in [1.807, 2.05) is 13.1 Å². The van der Waals surface area contributed by atoms with Gasteiger partial charge >= 0.3 is 0 Å². The highest BCUT2D eigenvalue weighted by molar-refractivity contribution is 5.81. The lowest BCUT2D eigenvalue weighted by Crippen LogP contribution is -1.91. The summed E-state index contributed by atoms with van der Waals surface area (Å²) in [5, 5.41) is 5.03. The third-order valence-electron chi connectivity index (χ3n) is 1.82. The number of nitrogens with zero attached hydrogens (tertiary/aromatic N) is 3. The molecule has 0 spiro atoms. The predicted molar refractivity (Wildman–Crippen MR) is 45.1 cm³/mol. The van der Waals surface area contributed by atoms with Gasteiger partial charge in [-0.05, 0) is 6.07 Å². The molecule has 0 aliphatic carbocycles. The van der Waals surface area contributed by atoms with Crippen LogP contribution in [0.15, 0.2) is 18.5 Å². The number of ether oxygens (including phenoxy) is 1. The second-order valence-electron chi connectivity index (χ2n) is 2.52. The number of aromatic nitrogens is 3. The maximum absolute atomic E-state index is 5.15. The molecule has 2 heterocycles. The van der Waals surface area contributed by atoms with Gasteiger partial charge in [0.1, 0.15) is 5.75 Å². The number of hydrogen-bond donors (Lipinski definition) is 0. The highest BCUT2D eigenvalue weighted by Crippen LogP contribution is 2.21. The van der Waals surface area contributed by atoms with Crippen molar-refractivity contribution in [1.82, 2.24) is 14.8 Å². The van der Waals surface area contributed by atoms with Crippen LogP contribution in [0.25, 0.3) is 11.0 Å². The fourth-order valence-electron chi connectivity index (χ4n) is 1.20. The number of fused-ring (bicyclic) bond motifs is 1. The van der Waals surface area contributed by atoms with Gasteiger partial charge in [0.25, 0.3) is 0 Å². The SMILES string of the molecule is COc1ccnc2c1cnn2C. The first-order valence-corrected chi connectivity index (χ1v) is 3.63. The lowest BCUT2D eigenvalue weighted by atomic mass is 10.3. The van der Waals surface area contributed by atoms with Crippen LogP contribution in [0.2, 0.25) is 0 Å². The number of methoxy groups -OCH3 is 1. The molecule has 4 heteroatoms. The van der Waals surface area contributed by atoms with Crippen LogP contribution >= 0.6 is 0 Å². The first-order chi connectivity index (χ1) is 5.83. The van der Waals surface area contributed by atoms with E-state index in [4.69, 9.17) is 4.74 Å². The molecule has 2 rings (SSSR count). The highest BCUT2D eigenvalue weighted by atomic mass is 16.5. The standard InChI is InChI=1S/C8H9N3O/c1-11-8-6(5-10-11)7(12-2)3-4-9-8/h3-5H,1-2H3. The van der Waals surface area contributed by atoms with E-state index >= 15 is 0 Å². The van der Waals surface area contributed by atoms with Gasteiger partial charge in [-0.15, -0.1) is 0 Å². The van der Waals surface area contributed by atoms with Crippen molar-refractivity contribution in [2.75, 3.05) is 7.11 Å². The van der Waals surface area contributed by atoms with E-state index in [2.05, 4.69) is 10.1 Å². The van der Waals surface area contributed by atoms with Gasteiger partial charge in [0.2, 0.25) is 0 Å². The maximum Gasteiger partial charge on any atom is 0.161 e. The van der Waals surface area contributed by atoms with Crippen LogP contribution in [0.5, 0.6) is 5.75 Å². The summed E-state index contributed by atoms with van der Waals surface area (Å²) in [5.41, 5.74) is 0.842. The number of pyridine rings is 1. The van der Waals surface area contributed by atoms with Crippen LogP contribution in [0.4, 0.5) is 0 Å². The molecule has 12 heavy (non-hydrogen) atoms. The van der Waals surface area contributed by atoms with E-state index in [9.17, 15) is 0 Å². The van der Waals surface area contributed by atoms with Crippen molar-refractivity contribution in [3.63, 3.8) is 0 Å². The zero-order valence-corrected chi connectivity index (χ0v) is 6.98. The summed E-state index contributed by atoms with van der Waals surface area (Å²) in [4.78, 5) is 4.17. The molecular weight excluding hydrogens is 154 g/mol. The smallest absolute Gasteiger partial charge is 0.161 e. The zero-order valence-electron chi connectivity index (χ0n) is 6.98. The molecule has 0 N–H and O–H groups in total. The van der Waals surface area contributed by atoms with Gasteiger partial charge in [-0.3, -0.25) is 4.68 Å². The Labute approximate surface area is 69.8 Å². The molecule has 2 aromatic heterocycles. The summed E-state index contributed by atoms with van der Waals surface area (Å²) in [7, 11) is 3.50. The molecule has 0 amide bonds. The molecule has 0 unspecified atom stereocenters. The first-order valence-electron chi connectivity index (χ1n) is 3.63. The predicted octanol–water partition coefficient (Wildman–Crippen LogP) is 0.977. The Hall–Kier alpha value is -1.58. The summed E-state index contributed by atoms with van der Waals surface area (Å²) in [5.74, 6) is 0.813. The number of rotatable bonds is 1.